The molecule has 0 aliphatic rings. The van der Waals surface area contributed by atoms with Gasteiger partial charge in [-0.15, -0.1) is 0 Å². The molecule has 2 N–H and O–H groups in total. The Hall–Kier alpha value is -2.21. The van der Waals surface area contributed by atoms with Crippen LogP contribution < -0.4 is 10.6 Å². The first-order valence-corrected chi connectivity index (χ1v) is 6.91. The summed E-state index contributed by atoms with van der Waals surface area (Å²) in [6, 6.07) is 7.75. The van der Waals surface area contributed by atoms with Crippen LogP contribution in [0.5, 0.6) is 0 Å². The van der Waals surface area contributed by atoms with Crippen LogP contribution in [-0.2, 0) is 9.53 Å². The number of thiocarbonyl (C=S) groups is 1. The minimum absolute atomic E-state index is 0.253. The minimum Gasteiger partial charge on any atom is -0.469 e. The molecule has 1 aromatic heterocycles. The minimum atomic E-state index is -0.253. The van der Waals surface area contributed by atoms with Gasteiger partial charge in [0.1, 0.15) is 4.99 Å². The zero-order chi connectivity index (χ0) is 15.4. The number of nitrogens with zero attached hydrogens (tertiary/aromatic N) is 2. The number of pyridine rings is 1. The second kappa shape index (κ2) is 6.49. The zero-order valence-electron chi connectivity index (χ0n) is 12.0. The Morgan fingerprint density at radius 1 is 1.43 bits per heavy atom. The highest BCUT2D eigenvalue weighted by molar-refractivity contribution is 7.80. The molecular weight excluding hydrogens is 286 g/mol. The highest BCUT2D eigenvalue weighted by Gasteiger charge is 2.15. The van der Waals surface area contributed by atoms with Gasteiger partial charge in [-0.05, 0) is 6.07 Å². The predicted molar refractivity (Wildman–Crippen MR) is 87.5 cm³/mol. The number of esters is 1. The fourth-order valence-electron chi connectivity index (χ4n) is 2.19. The highest BCUT2D eigenvalue weighted by atomic mass is 32.1. The maximum absolute atomic E-state index is 11.3. The zero-order valence-corrected chi connectivity index (χ0v) is 12.8. The highest BCUT2D eigenvalue weighted by Crippen LogP contribution is 2.28. The average molecular weight is 303 g/mol. The maximum atomic E-state index is 11.3. The molecule has 0 unspecified atom stereocenters. The second-order valence-corrected chi connectivity index (χ2v) is 5.09. The molecule has 0 bridgehead atoms. The number of hydrogen-bond donors (Lipinski definition) is 1. The van der Waals surface area contributed by atoms with Crippen LogP contribution in [0, 0.1) is 0 Å². The Morgan fingerprint density at radius 2 is 2.14 bits per heavy atom. The third-order valence-corrected chi connectivity index (χ3v) is 3.49. The quantitative estimate of drug-likeness (QED) is 0.672. The number of methoxy groups -OCH3 is 1. The van der Waals surface area contributed by atoms with Crippen LogP contribution in [0.25, 0.3) is 10.9 Å². The molecule has 0 saturated heterocycles. The number of para-hydroxylation sites is 1. The van der Waals surface area contributed by atoms with Crippen molar-refractivity contribution in [3.05, 3.63) is 36.0 Å². The number of rotatable bonds is 5. The standard InChI is InChI=1S/C15H17N3O2S/c1-18(8-7-13(19)20-2)14-10-5-3-4-6-12(10)17-9-11(14)15(16)21/h3-6,9H,7-8H2,1-2H3,(H2,16,21). The maximum Gasteiger partial charge on any atom is 0.307 e. The molecule has 21 heavy (non-hydrogen) atoms. The molecule has 5 nitrogen and oxygen atoms in total. The summed E-state index contributed by atoms with van der Waals surface area (Å²) in [4.78, 5) is 17.9. The first-order valence-electron chi connectivity index (χ1n) is 6.50. The van der Waals surface area contributed by atoms with E-state index < -0.39 is 0 Å². The van der Waals surface area contributed by atoms with Crippen molar-refractivity contribution in [2.45, 2.75) is 6.42 Å². The van der Waals surface area contributed by atoms with Crippen molar-refractivity contribution in [3.8, 4) is 0 Å². The fraction of sp³-hybridized carbons (Fsp3) is 0.267. The van der Waals surface area contributed by atoms with E-state index in [0.29, 0.717) is 18.5 Å². The number of aromatic nitrogens is 1. The van der Waals surface area contributed by atoms with Gasteiger partial charge in [0.25, 0.3) is 0 Å². The van der Waals surface area contributed by atoms with Crippen LogP contribution in [-0.4, -0.2) is 36.6 Å². The lowest BCUT2D eigenvalue weighted by Gasteiger charge is -2.23. The van der Waals surface area contributed by atoms with Crippen LogP contribution in [0.4, 0.5) is 5.69 Å². The Morgan fingerprint density at radius 3 is 2.81 bits per heavy atom. The van der Waals surface area contributed by atoms with Crippen molar-refractivity contribution < 1.29 is 9.53 Å². The van der Waals surface area contributed by atoms with Gasteiger partial charge < -0.3 is 15.4 Å². The van der Waals surface area contributed by atoms with Gasteiger partial charge >= 0.3 is 5.97 Å². The number of carbonyl (C=O) groups excluding carboxylic acids is 1. The Labute approximate surface area is 128 Å². The summed E-state index contributed by atoms with van der Waals surface area (Å²) >= 11 is 5.11. The summed E-state index contributed by atoms with van der Waals surface area (Å²) in [6.07, 6.45) is 1.97. The van der Waals surface area contributed by atoms with E-state index in [4.69, 9.17) is 18.0 Å². The van der Waals surface area contributed by atoms with Crippen LogP contribution in [0.1, 0.15) is 12.0 Å². The number of ether oxygens (including phenoxy) is 1. The molecule has 1 heterocycles. The lowest BCUT2D eigenvalue weighted by molar-refractivity contribution is -0.140. The van der Waals surface area contributed by atoms with E-state index in [1.165, 1.54) is 7.11 Å². The summed E-state index contributed by atoms with van der Waals surface area (Å²) in [6.45, 7) is 0.510. The summed E-state index contributed by atoms with van der Waals surface area (Å²) < 4.78 is 4.67. The first kappa shape index (κ1) is 15.2. The molecule has 0 radical (unpaired) electrons. The molecule has 2 aromatic rings. The molecular formula is C15H17N3O2S. The third-order valence-electron chi connectivity index (χ3n) is 3.27. The summed E-state index contributed by atoms with van der Waals surface area (Å²) in [5.41, 5.74) is 8.25. The van der Waals surface area contributed by atoms with E-state index in [1.54, 1.807) is 6.20 Å². The number of hydrogen-bond acceptors (Lipinski definition) is 5. The van der Waals surface area contributed by atoms with E-state index in [0.717, 1.165) is 16.6 Å². The molecule has 0 saturated carbocycles. The van der Waals surface area contributed by atoms with Crippen LogP contribution in [0.3, 0.4) is 0 Å². The van der Waals surface area contributed by atoms with Gasteiger partial charge in [-0.25, -0.2) is 0 Å². The molecule has 0 amide bonds. The third kappa shape index (κ3) is 3.28. The van der Waals surface area contributed by atoms with Gasteiger partial charge in [-0.2, -0.15) is 0 Å². The Balaban J connectivity index is 2.45. The Bertz CT molecular complexity index is 688. The van der Waals surface area contributed by atoms with Crippen molar-refractivity contribution in [2.75, 3.05) is 25.6 Å². The number of fused-ring (bicyclic) bond motifs is 1. The normalized spacial score (nSPS) is 10.4. The van der Waals surface area contributed by atoms with Crippen molar-refractivity contribution in [1.82, 2.24) is 4.98 Å². The number of carbonyl (C=O) groups is 1. The van der Waals surface area contributed by atoms with Crippen molar-refractivity contribution in [2.24, 2.45) is 5.73 Å². The Kier molecular flexibility index (Phi) is 4.70. The average Bonchev–Trinajstić information content (AvgIpc) is 2.50. The van der Waals surface area contributed by atoms with Crippen LogP contribution >= 0.6 is 12.2 Å². The molecule has 0 aliphatic heterocycles. The smallest absolute Gasteiger partial charge is 0.307 e. The molecule has 1 aromatic carbocycles. The molecule has 0 atom stereocenters. The first-order chi connectivity index (χ1) is 10.0. The van der Waals surface area contributed by atoms with Gasteiger partial charge in [0.05, 0.1) is 30.3 Å². The predicted octanol–water partition coefficient (Wildman–Crippen LogP) is 1.87. The molecule has 6 heteroatoms. The lowest BCUT2D eigenvalue weighted by Crippen LogP contribution is -2.25. The second-order valence-electron chi connectivity index (χ2n) is 4.65. The van der Waals surface area contributed by atoms with E-state index in [9.17, 15) is 4.79 Å². The fourth-order valence-corrected chi connectivity index (χ4v) is 2.34. The number of anilines is 1. The molecule has 2 rings (SSSR count). The van der Waals surface area contributed by atoms with Gasteiger partial charge in [-0.3, -0.25) is 9.78 Å². The summed E-state index contributed by atoms with van der Waals surface area (Å²) in [5.74, 6) is -0.253. The van der Waals surface area contributed by atoms with E-state index >= 15 is 0 Å². The molecule has 0 fully saturated rings. The monoisotopic (exact) mass is 303 g/mol. The molecule has 110 valence electrons. The molecule has 0 aliphatic carbocycles. The van der Waals surface area contributed by atoms with Crippen LogP contribution in [0.2, 0.25) is 0 Å². The summed E-state index contributed by atoms with van der Waals surface area (Å²) in [7, 11) is 3.27. The van der Waals surface area contributed by atoms with Gasteiger partial charge in [-0.1, -0.05) is 30.4 Å². The van der Waals surface area contributed by atoms with Gasteiger partial charge in [0, 0.05) is 25.2 Å². The van der Waals surface area contributed by atoms with Gasteiger partial charge in [0.15, 0.2) is 0 Å². The van der Waals surface area contributed by atoms with E-state index in [1.807, 2.05) is 36.2 Å². The largest absolute Gasteiger partial charge is 0.469 e. The van der Waals surface area contributed by atoms with Crippen LogP contribution in [0.15, 0.2) is 30.5 Å². The number of benzene rings is 1. The SMILES string of the molecule is COC(=O)CCN(C)c1c(C(N)=S)cnc2ccccc12. The number of nitrogens with two attached hydrogens (primary N) is 1. The van der Waals surface area contributed by atoms with Gasteiger partial charge in [0.2, 0.25) is 0 Å². The summed E-state index contributed by atoms with van der Waals surface area (Å²) in [5, 5.41) is 0.954. The van der Waals surface area contributed by atoms with Crippen molar-refractivity contribution in [3.63, 3.8) is 0 Å². The van der Waals surface area contributed by atoms with E-state index in [2.05, 4.69) is 9.72 Å². The topological polar surface area (TPSA) is 68.5 Å². The molecule has 0 spiro atoms. The lowest BCUT2D eigenvalue weighted by atomic mass is 10.1. The van der Waals surface area contributed by atoms with Crippen molar-refractivity contribution >= 4 is 39.8 Å². The van der Waals surface area contributed by atoms with Crippen molar-refractivity contribution in [1.29, 1.82) is 0 Å². The van der Waals surface area contributed by atoms with E-state index in [-0.39, 0.29) is 11.0 Å².